The predicted octanol–water partition coefficient (Wildman–Crippen LogP) is 2.71. The zero-order valence-corrected chi connectivity index (χ0v) is 11.4. The Balaban J connectivity index is 2.01. The molecule has 2 rings (SSSR count). The van der Waals surface area contributed by atoms with Crippen molar-refractivity contribution in [3.8, 4) is 0 Å². The van der Waals surface area contributed by atoms with Gasteiger partial charge in [0.1, 0.15) is 0 Å². The van der Waals surface area contributed by atoms with Crippen molar-refractivity contribution in [1.82, 2.24) is 5.32 Å². The van der Waals surface area contributed by atoms with Crippen LogP contribution in [-0.4, -0.2) is 17.1 Å². The van der Waals surface area contributed by atoms with Crippen LogP contribution in [0, 0.1) is 0 Å². The molecule has 1 aromatic rings. The largest absolute Gasteiger partial charge is 0.295 e. The minimum atomic E-state index is -0.163. The molecule has 1 heterocycles. The second-order valence-electron chi connectivity index (χ2n) is 4.78. The first kappa shape index (κ1) is 13.1. The van der Waals surface area contributed by atoms with Crippen molar-refractivity contribution < 1.29 is 9.59 Å². The summed E-state index contributed by atoms with van der Waals surface area (Å²) in [6.45, 7) is 4.31. The lowest BCUT2D eigenvalue weighted by molar-refractivity contribution is -0.132. The van der Waals surface area contributed by atoms with E-state index in [-0.39, 0.29) is 17.1 Å². The Hall–Kier alpha value is -1.29. The van der Waals surface area contributed by atoms with Crippen molar-refractivity contribution in [3.05, 3.63) is 29.8 Å². The molecule has 3 nitrogen and oxygen atoms in total. The standard InChI is InChI=1S/C14H17NO2S/c1-9(2)10-3-5-11(6-4-10)18-12-7-8-13(16)15-14(12)17/h3-6,9,12H,7-8H2,1-2H3,(H,15,16,17)/t12-/m0/s1. The molecule has 2 amide bonds. The van der Waals surface area contributed by atoms with Crippen molar-refractivity contribution in [2.75, 3.05) is 0 Å². The van der Waals surface area contributed by atoms with E-state index in [2.05, 4.69) is 31.3 Å². The Labute approximate surface area is 111 Å². The monoisotopic (exact) mass is 263 g/mol. The molecule has 0 spiro atoms. The molecule has 1 saturated heterocycles. The van der Waals surface area contributed by atoms with Gasteiger partial charge in [-0.3, -0.25) is 14.9 Å². The number of nitrogens with one attached hydrogen (secondary N) is 1. The maximum absolute atomic E-state index is 11.6. The average Bonchev–Trinajstić information content (AvgIpc) is 2.33. The number of thioether (sulfide) groups is 1. The van der Waals surface area contributed by atoms with Gasteiger partial charge in [-0.15, -0.1) is 11.8 Å². The van der Waals surface area contributed by atoms with Gasteiger partial charge in [0.25, 0.3) is 0 Å². The number of benzene rings is 1. The van der Waals surface area contributed by atoms with Crippen LogP contribution < -0.4 is 5.32 Å². The molecule has 1 N–H and O–H groups in total. The van der Waals surface area contributed by atoms with Gasteiger partial charge >= 0.3 is 0 Å². The Kier molecular flexibility index (Phi) is 4.07. The summed E-state index contributed by atoms with van der Waals surface area (Å²) in [5.74, 6) is 0.191. The lowest BCUT2D eigenvalue weighted by Gasteiger charge is -2.20. The molecule has 0 saturated carbocycles. The van der Waals surface area contributed by atoms with E-state index in [1.54, 1.807) is 0 Å². The van der Waals surface area contributed by atoms with Crippen molar-refractivity contribution in [1.29, 1.82) is 0 Å². The van der Waals surface area contributed by atoms with Crippen LogP contribution in [0.3, 0.4) is 0 Å². The third-order valence-corrected chi connectivity index (χ3v) is 4.29. The lowest BCUT2D eigenvalue weighted by Crippen LogP contribution is -2.42. The van der Waals surface area contributed by atoms with Crippen LogP contribution in [-0.2, 0) is 9.59 Å². The first-order valence-electron chi connectivity index (χ1n) is 6.16. The minimum Gasteiger partial charge on any atom is -0.295 e. The summed E-state index contributed by atoms with van der Waals surface area (Å²) in [6.07, 6.45) is 1.06. The van der Waals surface area contributed by atoms with Crippen LogP contribution in [0.15, 0.2) is 29.2 Å². The third kappa shape index (κ3) is 3.13. The summed E-state index contributed by atoms with van der Waals surface area (Å²) in [4.78, 5) is 23.8. The number of carbonyl (C=O) groups is 2. The van der Waals surface area contributed by atoms with Gasteiger partial charge in [-0.1, -0.05) is 26.0 Å². The fourth-order valence-electron chi connectivity index (χ4n) is 1.88. The maximum Gasteiger partial charge on any atom is 0.240 e. The molecular formula is C14H17NO2S. The molecular weight excluding hydrogens is 246 g/mol. The highest BCUT2D eigenvalue weighted by molar-refractivity contribution is 8.00. The maximum atomic E-state index is 11.6. The van der Waals surface area contributed by atoms with Gasteiger partial charge < -0.3 is 0 Å². The summed E-state index contributed by atoms with van der Waals surface area (Å²) < 4.78 is 0. The third-order valence-electron chi connectivity index (χ3n) is 3.01. The van der Waals surface area contributed by atoms with Gasteiger partial charge in [-0.05, 0) is 30.0 Å². The fourth-order valence-corrected chi connectivity index (χ4v) is 2.91. The second-order valence-corrected chi connectivity index (χ2v) is 6.06. The van der Waals surface area contributed by atoms with Crippen LogP contribution >= 0.6 is 11.8 Å². The van der Waals surface area contributed by atoms with Crippen molar-refractivity contribution in [3.63, 3.8) is 0 Å². The van der Waals surface area contributed by atoms with E-state index in [0.717, 1.165) is 4.90 Å². The number of rotatable bonds is 3. The summed E-state index contributed by atoms with van der Waals surface area (Å²) >= 11 is 1.53. The molecule has 4 heteroatoms. The van der Waals surface area contributed by atoms with Crippen LogP contribution in [0.25, 0.3) is 0 Å². The first-order valence-corrected chi connectivity index (χ1v) is 7.04. The Morgan fingerprint density at radius 1 is 1.22 bits per heavy atom. The molecule has 1 fully saturated rings. The molecule has 0 radical (unpaired) electrons. The van der Waals surface area contributed by atoms with Gasteiger partial charge in [-0.2, -0.15) is 0 Å². The average molecular weight is 263 g/mol. The molecule has 0 unspecified atom stereocenters. The Morgan fingerprint density at radius 3 is 2.44 bits per heavy atom. The highest BCUT2D eigenvalue weighted by Crippen LogP contribution is 2.29. The van der Waals surface area contributed by atoms with Gasteiger partial charge in [0.2, 0.25) is 11.8 Å². The summed E-state index contributed by atoms with van der Waals surface area (Å²) in [6, 6.07) is 8.28. The van der Waals surface area contributed by atoms with Crippen molar-refractivity contribution >= 4 is 23.6 Å². The number of imide groups is 1. The summed E-state index contributed by atoms with van der Waals surface area (Å²) in [5.41, 5.74) is 1.29. The van der Waals surface area contributed by atoms with E-state index >= 15 is 0 Å². The quantitative estimate of drug-likeness (QED) is 0.853. The van der Waals surface area contributed by atoms with E-state index < -0.39 is 0 Å². The number of piperidine rings is 1. The van der Waals surface area contributed by atoms with Gasteiger partial charge in [0, 0.05) is 11.3 Å². The molecule has 0 aromatic heterocycles. The number of amides is 2. The molecule has 1 atom stereocenters. The molecule has 96 valence electrons. The van der Waals surface area contributed by atoms with E-state index in [1.165, 1.54) is 17.3 Å². The zero-order valence-electron chi connectivity index (χ0n) is 10.6. The zero-order chi connectivity index (χ0) is 13.1. The molecule has 1 aromatic carbocycles. The number of hydrogen-bond acceptors (Lipinski definition) is 3. The first-order chi connectivity index (χ1) is 8.56. The SMILES string of the molecule is CC(C)c1ccc(S[C@H]2CCC(=O)NC2=O)cc1. The van der Waals surface area contributed by atoms with Crippen molar-refractivity contribution in [2.45, 2.75) is 42.8 Å². The molecule has 1 aliphatic heterocycles. The van der Waals surface area contributed by atoms with Crippen LogP contribution in [0.4, 0.5) is 0 Å². The van der Waals surface area contributed by atoms with Crippen molar-refractivity contribution in [2.24, 2.45) is 0 Å². The highest BCUT2D eigenvalue weighted by atomic mass is 32.2. The van der Waals surface area contributed by atoms with E-state index in [4.69, 9.17) is 0 Å². The molecule has 0 bridgehead atoms. The number of hydrogen-bond donors (Lipinski definition) is 1. The topological polar surface area (TPSA) is 46.2 Å². The summed E-state index contributed by atoms with van der Waals surface area (Å²) in [5, 5.41) is 2.23. The van der Waals surface area contributed by atoms with Gasteiger partial charge in [0.05, 0.1) is 5.25 Å². The van der Waals surface area contributed by atoms with Crippen LogP contribution in [0.5, 0.6) is 0 Å². The Bertz CT molecular complexity index is 453. The lowest BCUT2D eigenvalue weighted by atomic mass is 10.0. The smallest absolute Gasteiger partial charge is 0.240 e. The van der Waals surface area contributed by atoms with E-state index in [1.807, 2.05) is 12.1 Å². The van der Waals surface area contributed by atoms with Crippen LogP contribution in [0.1, 0.15) is 38.2 Å². The van der Waals surface area contributed by atoms with Gasteiger partial charge in [-0.25, -0.2) is 0 Å². The predicted molar refractivity (Wildman–Crippen MR) is 72.6 cm³/mol. The second kappa shape index (κ2) is 5.57. The number of carbonyl (C=O) groups excluding carboxylic acids is 2. The fraction of sp³-hybridized carbons (Fsp3) is 0.429. The van der Waals surface area contributed by atoms with E-state index in [0.29, 0.717) is 18.8 Å². The van der Waals surface area contributed by atoms with E-state index in [9.17, 15) is 9.59 Å². The highest BCUT2D eigenvalue weighted by Gasteiger charge is 2.27. The molecule has 0 aliphatic carbocycles. The minimum absolute atomic E-state index is 0.146. The molecule has 1 aliphatic rings. The Morgan fingerprint density at radius 2 is 1.89 bits per heavy atom. The summed E-state index contributed by atoms with van der Waals surface area (Å²) in [7, 11) is 0. The normalized spacial score (nSPS) is 20.1. The molecule has 18 heavy (non-hydrogen) atoms. The van der Waals surface area contributed by atoms with Gasteiger partial charge in [0.15, 0.2) is 0 Å². The van der Waals surface area contributed by atoms with Crippen LogP contribution in [0.2, 0.25) is 0 Å².